The zero-order valence-electron chi connectivity index (χ0n) is 17.0. The lowest BCUT2D eigenvalue weighted by Crippen LogP contribution is -2.49. The molecule has 2 heterocycles. The van der Waals surface area contributed by atoms with Crippen molar-refractivity contribution in [3.63, 3.8) is 0 Å². The lowest BCUT2D eigenvalue weighted by Gasteiger charge is -2.33. The minimum atomic E-state index is 0.443. The van der Waals surface area contributed by atoms with Crippen molar-refractivity contribution in [2.45, 2.75) is 25.3 Å². The van der Waals surface area contributed by atoms with Crippen LogP contribution in [0, 0.1) is 0 Å². The molecule has 5 nitrogen and oxygen atoms in total. The molecule has 0 atom stereocenters. The fourth-order valence-electron chi connectivity index (χ4n) is 4.01. The van der Waals surface area contributed by atoms with Crippen molar-refractivity contribution in [2.24, 2.45) is 4.99 Å². The van der Waals surface area contributed by atoms with Crippen LogP contribution in [0.3, 0.4) is 0 Å². The second kappa shape index (κ2) is 9.41. The molecule has 3 aromatic rings. The monoisotopic (exact) mass is 387 g/mol. The molecule has 29 heavy (non-hydrogen) atoms. The average Bonchev–Trinajstić information content (AvgIpc) is 2.79. The highest BCUT2D eigenvalue weighted by molar-refractivity contribution is 5.85. The van der Waals surface area contributed by atoms with Crippen LogP contribution >= 0.6 is 0 Å². The Balaban J connectivity index is 1.26. The molecule has 0 saturated carbocycles. The largest absolute Gasteiger partial charge is 0.356 e. The van der Waals surface area contributed by atoms with E-state index in [4.69, 9.17) is 0 Å². The third-order valence-electron chi connectivity index (χ3n) is 5.60. The van der Waals surface area contributed by atoms with E-state index in [9.17, 15) is 0 Å². The van der Waals surface area contributed by atoms with Crippen LogP contribution in [0.4, 0.5) is 5.82 Å². The second-order valence-corrected chi connectivity index (χ2v) is 7.48. The Labute approximate surface area is 172 Å². The Hall–Kier alpha value is -3.08. The van der Waals surface area contributed by atoms with Gasteiger partial charge in [-0.05, 0) is 47.7 Å². The lowest BCUT2D eigenvalue weighted by atomic mass is 10.0. The molecule has 1 aliphatic rings. The molecule has 150 valence electrons. The van der Waals surface area contributed by atoms with Crippen LogP contribution < -0.4 is 15.5 Å². The molecule has 1 fully saturated rings. The summed E-state index contributed by atoms with van der Waals surface area (Å²) in [5.74, 6) is 1.96. The van der Waals surface area contributed by atoms with Gasteiger partial charge in [0.1, 0.15) is 5.82 Å². The Morgan fingerprint density at radius 3 is 2.62 bits per heavy atom. The summed E-state index contributed by atoms with van der Waals surface area (Å²) < 4.78 is 0. The summed E-state index contributed by atoms with van der Waals surface area (Å²) >= 11 is 0. The standard InChI is InChI=1S/C24H29N5/c1-25-24(27-16-12-20-9-6-8-19-7-2-3-10-22(19)20)28-21-13-17-29(18-14-21)23-11-4-5-15-26-23/h2-11,15,21H,12-14,16-18H2,1H3,(H2,25,27,28). The second-order valence-electron chi connectivity index (χ2n) is 7.48. The van der Waals surface area contributed by atoms with Crippen molar-refractivity contribution in [1.82, 2.24) is 15.6 Å². The molecule has 0 aliphatic carbocycles. The number of nitrogens with zero attached hydrogens (tertiary/aromatic N) is 3. The molecular formula is C24H29N5. The maximum atomic E-state index is 4.46. The van der Waals surface area contributed by atoms with E-state index in [2.05, 4.69) is 74.0 Å². The van der Waals surface area contributed by atoms with Crippen LogP contribution in [0.5, 0.6) is 0 Å². The Morgan fingerprint density at radius 1 is 1.03 bits per heavy atom. The van der Waals surface area contributed by atoms with Gasteiger partial charge in [-0.2, -0.15) is 0 Å². The highest BCUT2D eigenvalue weighted by Crippen LogP contribution is 2.19. The zero-order chi connectivity index (χ0) is 19.9. The summed E-state index contributed by atoms with van der Waals surface area (Å²) in [6.07, 6.45) is 5.00. The molecule has 4 rings (SSSR count). The summed E-state index contributed by atoms with van der Waals surface area (Å²) in [6, 6.07) is 21.6. The van der Waals surface area contributed by atoms with Crippen molar-refractivity contribution in [3.8, 4) is 0 Å². The van der Waals surface area contributed by atoms with E-state index >= 15 is 0 Å². The topological polar surface area (TPSA) is 52.6 Å². The maximum Gasteiger partial charge on any atom is 0.191 e. The van der Waals surface area contributed by atoms with Crippen molar-refractivity contribution < 1.29 is 0 Å². The first-order valence-electron chi connectivity index (χ1n) is 10.4. The summed E-state index contributed by atoms with van der Waals surface area (Å²) in [7, 11) is 1.84. The molecule has 0 amide bonds. The van der Waals surface area contributed by atoms with Gasteiger partial charge in [-0.25, -0.2) is 4.98 Å². The smallest absolute Gasteiger partial charge is 0.191 e. The van der Waals surface area contributed by atoms with Crippen LogP contribution in [0.2, 0.25) is 0 Å². The number of rotatable bonds is 5. The average molecular weight is 388 g/mol. The predicted molar refractivity (Wildman–Crippen MR) is 122 cm³/mol. The maximum absolute atomic E-state index is 4.46. The minimum absolute atomic E-state index is 0.443. The fraction of sp³-hybridized carbons (Fsp3) is 0.333. The number of piperidine rings is 1. The molecule has 1 saturated heterocycles. The highest BCUT2D eigenvalue weighted by Gasteiger charge is 2.20. The van der Waals surface area contributed by atoms with Gasteiger partial charge in [0.05, 0.1) is 0 Å². The van der Waals surface area contributed by atoms with Crippen molar-refractivity contribution in [1.29, 1.82) is 0 Å². The van der Waals surface area contributed by atoms with Crippen molar-refractivity contribution in [2.75, 3.05) is 31.6 Å². The van der Waals surface area contributed by atoms with Gasteiger partial charge < -0.3 is 15.5 Å². The molecule has 1 aromatic heterocycles. The van der Waals surface area contributed by atoms with E-state index < -0.39 is 0 Å². The third kappa shape index (κ3) is 4.86. The molecule has 0 spiro atoms. The first-order chi connectivity index (χ1) is 14.3. The SMILES string of the molecule is CN=C(NCCc1cccc2ccccc12)NC1CCN(c2ccccn2)CC1. The molecule has 1 aliphatic heterocycles. The van der Waals surface area contributed by atoms with E-state index in [1.807, 2.05) is 25.4 Å². The molecule has 0 radical (unpaired) electrons. The number of hydrogen-bond acceptors (Lipinski definition) is 3. The minimum Gasteiger partial charge on any atom is -0.356 e. The number of guanidine groups is 1. The Morgan fingerprint density at radius 2 is 1.83 bits per heavy atom. The number of aliphatic imine (C=N–C) groups is 1. The predicted octanol–water partition coefficient (Wildman–Crippen LogP) is 3.61. The molecule has 0 unspecified atom stereocenters. The van der Waals surface area contributed by atoms with Crippen molar-refractivity contribution >= 4 is 22.5 Å². The number of fused-ring (bicyclic) bond motifs is 1. The van der Waals surface area contributed by atoms with Gasteiger partial charge in [0.2, 0.25) is 0 Å². The van der Waals surface area contributed by atoms with Crippen LogP contribution in [0.15, 0.2) is 71.9 Å². The summed E-state index contributed by atoms with van der Waals surface area (Å²) in [5, 5.41) is 9.71. The van der Waals surface area contributed by atoms with Crippen LogP contribution in [0.25, 0.3) is 10.8 Å². The molecule has 2 N–H and O–H groups in total. The number of anilines is 1. The highest BCUT2D eigenvalue weighted by atomic mass is 15.2. The van der Waals surface area contributed by atoms with Gasteiger partial charge >= 0.3 is 0 Å². The van der Waals surface area contributed by atoms with Crippen LogP contribution in [-0.2, 0) is 6.42 Å². The molecule has 5 heteroatoms. The zero-order valence-corrected chi connectivity index (χ0v) is 17.0. The number of benzene rings is 2. The van der Waals surface area contributed by atoms with E-state index in [0.29, 0.717) is 6.04 Å². The number of hydrogen-bond donors (Lipinski definition) is 2. The van der Waals surface area contributed by atoms with E-state index in [0.717, 1.165) is 50.7 Å². The van der Waals surface area contributed by atoms with E-state index in [1.54, 1.807) is 0 Å². The number of aromatic nitrogens is 1. The summed E-state index contributed by atoms with van der Waals surface area (Å²) in [4.78, 5) is 11.2. The van der Waals surface area contributed by atoms with Gasteiger partial charge in [-0.15, -0.1) is 0 Å². The van der Waals surface area contributed by atoms with Gasteiger partial charge in [-0.1, -0.05) is 48.5 Å². The van der Waals surface area contributed by atoms with Gasteiger partial charge in [0.15, 0.2) is 5.96 Å². The third-order valence-corrected chi connectivity index (χ3v) is 5.60. The molecular weight excluding hydrogens is 358 g/mol. The fourth-order valence-corrected chi connectivity index (χ4v) is 4.01. The molecule has 0 bridgehead atoms. The Kier molecular flexibility index (Phi) is 6.25. The number of nitrogens with one attached hydrogen (secondary N) is 2. The van der Waals surface area contributed by atoms with Crippen LogP contribution in [-0.4, -0.2) is 43.7 Å². The normalized spacial score (nSPS) is 15.5. The first kappa shape index (κ1) is 19.2. The summed E-state index contributed by atoms with van der Waals surface area (Å²) in [5.41, 5.74) is 1.37. The van der Waals surface area contributed by atoms with Crippen molar-refractivity contribution in [3.05, 3.63) is 72.4 Å². The lowest BCUT2D eigenvalue weighted by molar-refractivity contribution is 0.459. The summed E-state index contributed by atoms with van der Waals surface area (Å²) in [6.45, 7) is 2.89. The van der Waals surface area contributed by atoms with Gasteiger partial charge in [0.25, 0.3) is 0 Å². The van der Waals surface area contributed by atoms with Gasteiger partial charge in [-0.3, -0.25) is 4.99 Å². The van der Waals surface area contributed by atoms with Gasteiger partial charge in [0, 0.05) is 38.9 Å². The van der Waals surface area contributed by atoms with E-state index in [1.165, 1.54) is 16.3 Å². The van der Waals surface area contributed by atoms with E-state index in [-0.39, 0.29) is 0 Å². The number of pyridine rings is 1. The Bertz CT molecular complexity index is 940. The first-order valence-corrected chi connectivity index (χ1v) is 10.4. The quantitative estimate of drug-likeness (QED) is 0.519. The van der Waals surface area contributed by atoms with Crippen LogP contribution in [0.1, 0.15) is 18.4 Å². The molecule has 2 aromatic carbocycles.